The molecule has 4 aromatic rings. The van der Waals surface area contributed by atoms with Crippen LogP contribution in [0.4, 0.5) is 0 Å². The van der Waals surface area contributed by atoms with Crippen LogP contribution in [-0.4, -0.2) is 15.9 Å². The van der Waals surface area contributed by atoms with Gasteiger partial charge in [-0.3, -0.25) is 4.79 Å². The second-order valence-electron chi connectivity index (χ2n) is 5.71. The molecule has 4 rings (SSSR count). The van der Waals surface area contributed by atoms with Gasteiger partial charge in [-0.25, -0.2) is 9.97 Å². The Labute approximate surface area is 159 Å². The zero-order valence-electron chi connectivity index (χ0n) is 13.6. The molecule has 0 aliphatic heterocycles. The Morgan fingerprint density at radius 1 is 1.04 bits per heavy atom. The minimum atomic E-state index is -0.238. The van der Waals surface area contributed by atoms with Crippen molar-refractivity contribution in [2.75, 3.05) is 0 Å². The normalized spacial score (nSPS) is 10.8. The van der Waals surface area contributed by atoms with E-state index < -0.39 is 0 Å². The first-order valence-electron chi connectivity index (χ1n) is 8.04. The SMILES string of the molecule is O=C(NCc1ccc(-c2nc3ccccc3s2)cc1)c1cccnc1Cl. The molecule has 26 heavy (non-hydrogen) atoms. The number of nitrogens with zero attached hydrogens (tertiary/aromatic N) is 2. The van der Waals surface area contributed by atoms with E-state index in [4.69, 9.17) is 11.6 Å². The average molecular weight is 380 g/mol. The number of fused-ring (bicyclic) bond motifs is 1. The van der Waals surface area contributed by atoms with Crippen LogP contribution in [0.15, 0.2) is 66.9 Å². The van der Waals surface area contributed by atoms with Crippen LogP contribution in [0.2, 0.25) is 5.15 Å². The molecule has 4 nitrogen and oxygen atoms in total. The minimum absolute atomic E-state index is 0.205. The van der Waals surface area contributed by atoms with Gasteiger partial charge in [-0.2, -0.15) is 0 Å². The summed E-state index contributed by atoms with van der Waals surface area (Å²) < 4.78 is 1.17. The smallest absolute Gasteiger partial charge is 0.254 e. The fourth-order valence-corrected chi connectivity index (χ4v) is 3.77. The molecule has 0 saturated heterocycles. The summed E-state index contributed by atoms with van der Waals surface area (Å²) in [5.74, 6) is -0.238. The van der Waals surface area contributed by atoms with Crippen molar-refractivity contribution in [1.82, 2.24) is 15.3 Å². The maximum absolute atomic E-state index is 12.2. The van der Waals surface area contributed by atoms with Crippen LogP contribution in [0.3, 0.4) is 0 Å². The van der Waals surface area contributed by atoms with E-state index in [1.165, 1.54) is 4.70 Å². The van der Waals surface area contributed by atoms with Gasteiger partial charge in [-0.1, -0.05) is 48.0 Å². The molecule has 0 unspecified atom stereocenters. The van der Waals surface area contributed by atoms with Gasteiger partial charge in [-0.15, -0.1) is 11.3 Å². The topological polar surface area (TPSA) is 54.9 Å². The van der Waals surface area contributed by atoms with E-state index in [0.717, 1.165) is 21.7 Å². The summed E-state index contributed by atoms with van der Waals surface area (Å²) in [4.78, 5) is 20.8. The van der Waals surface area contributed by atoms with E-state index in [0.29, 0.717) is 12.1 Å². The van der Waals surface area contributed by atoms with Crippen LogP contribution in [-0.2, 0) is 6.54 Å². The fourth-order valence-electron chi connectivity index (χ4n) is 2.59. The highest BCUT2D eigenvalue weighted by Gasteiger charge is 2.10. The Balaban J connectivity index is 1.46. The molecule has 6 heteroatoms. The molecule has 0 radical (unpaired) electrons. The first kappa shape index (κ1) is 16.7. The third-order valence-corrected chi connectivity index (χ3v) is 5.34. The van der Waals surface area contributed by atoms with Crippen molar-refractivity contribution < 1.29 is 4.79 Å². The summed E-state index contributed by atoms with van der Waals surface area (Å²) in [6, 6.07) is 19.5. The lowest BCUT2D eigenvalue weighted by Gasteiger charge is -2.07. The second-order valence-corrected chi connectivity index (χ2v) is 7.10. The van der Waals surface area contributed by atoms with Crippen LogP contribution >= 0.6 is 22.9 Å². The molecule has 1 amide bonds. The van der Waals surface area contributed by atoms with Crippen molar-refractivity contribution in [3.05, 3.63) is 83.1 Å². The van der Waals surface area contributed by atoms with Crippen molar-refractivity contribution >= 4 is 39.1 Å². The Bertz CT molecular complexity index is 1040. The summed E-state index contributed by atoms with van der Waals surface area (Å²) in [6.07, 6.45) is 1.56. The third-order valence-electron chi connectivity index (χ3n) is 3.95. The monoisotopic (exact) mass is 379 g/mol. The van der Waals surface area contributed by atoms with Gasteiger partial charge in [0.05, 0.1) is 15.8 Å². The lowest BCUT2D eigenvalue weighted by molar-refractivity contribution is 0.0950. The number of carbonyl (C=O) groups excluding carboxylic acids is 1. The average Bonchev–Trinajstić information content (AvgIpc) is 3.11. The number of amides is 1. The van der Waals surface area contributed by atoms with Gasteiger partial charge in [0.15, 0.2) is 0 Å². The molecule has 0 aliphatic carbocycles. The Hall–Kier alpha value is -2.76. The van der Waals surface area contributed by atoms with Crippen LogP contribution in [0.1, 0.15) is 15.9 Å². The highest BCUT2D eigenvalue weighted by molar-refractivity contribution is 7.21. The molecular weight excluding hydrogens is 366 g/mol. The standard InChI is InChI=1S/C20H14ClN3OS/c21-18-15(4-3-11-22-18)19(25)23-12-13-7-9-14(10-8-13)20-24-16-5-1-2-6-17(16)26-20/h1-11H,12H2,(H,23,25). The van der Waals surface area contributed by atoms with Crippen molar-refractivity contribution in [2.45, 2.75) is 6.54 Å². The molecular formula is C20H14ClN3OS. The van der Waals surface area contributed by atoms with Gasteiger partial charge in [0.1, 0.15) is 10.2 Å². The van der Waals surface area contributed by atoms with Crippen LogP contribution < -0.4 is 5.32 Å². The Morgan fingerprint density at radius 3 is 2.62 bits per heavy atom. The van der Waals surface area contributed by atoms with Crippen LogP contribution in [0, 0.1) is 0 Å². The third kappa shape index (κ3) is 3.45. The number of halogens is 1. The van der Waals surface area contributed by atoms with E-state index in [-0.39, 0.29) is 11.1 Å². The number of hydrogen-bond donors (Lipinski definition) is 1. The van der Waals surface area contributed by atoms with E-state index in [9.17, 15) is 4.79 Å². The number of carbonyl (C=O) groups is 1. The zero-order valence-corrected chi connectivity index (χ0v) is 15.2. The summed E-state index contributed by atoms with van der Waals surface area (Å²) in [5.41, 5.74) is 3.46. The van der Waals surface area contributed by atoms with Crippen molar-refractivity contribution in [2.24, 2.45) is 0 Å². The summed E-state index contributed by atoms with van der Waals surface area (Å²) in [7, 11) is 0. The molecule has 0 atom stereocenters. The first-order chi connectivity index (χ1) is 12.7. The van der Waals surface area contributed by atoms with E-state index >= 15 is 0 Å². The van der Waals surface area contributed by atoms with Crippen LogP contribution in [0.5, 0.6) is 0 Å². The van der Waals surface area contributed by atoms with Crippen molar-refractivity contribution in [1.29, 1.82) is 0 Å². The molecule has 2 aromatic carbocycles. The fraction of sp³-hybridized carbons (Fsp3) is 0.0500. The summed E-state index contributed by atoms with van der Waals surface area (Å²) in [5, 5.41) is 4.05. The van der Waals surface area contributed by atoms with Gasteiger partial charge in [0, 0.05) is 18.3 Å². The quantitative estimate of drug-likeness (QED) is 0.511. The number of benzene rings is 2. The Morgan fingerprint density at radius 2 is 1.85 bits per heavy atom. The van der Waals surface area contributed by atoms with Gasteiger partial charge in [-0.05, 0) is 29.8 Å². The van der Waals surface area contributed by atoms with Gasteiger partial charge in [0.25, 0.3) is 5.91 Å². The predicted octanol–water partition coefficient (Wildman–Crippen LogP) is 4.94. The minimum Gasteiger partial charge on any atom is -0.348 e. The zero-order chi connectivity index (χ0) is 17.9. The lowest BCUT2D eigenvalue weighted by Crippen LogP contribution is -2.23. The highest BCUT2D eigenvalue weighted by atomic mass is 35.5. The number of pyridine rings is 1. The molecule has 0 bridgehead atoms. The molecule has 0 saturated carbocycles. The molecule has 2 heterocycles. The number of rotatable bonds is 4. The lowest BCUT2D eigenvalue weighted by atomic mass is 10.1. The number of nitrogens with one attached hydrogen (secondary N) is 1. The molecule has 1 N–H and O–H groups in total. The first-order valence-corrected chi connectivity index (χ1v) is 9.24. The largest absolute Gasteiger partial charge is 0.348 e. The molecule has 0 fully saturated rings. The molecule has 2 aromatic heterocycles. The van der Waals surface area contributed by atoms with Gasteiger partial charge in [0.2, 0.25) is 0 Å². The Kier molecular flexibility index (Phi) is 4.65. The predicted molar refractivity (Wildman–Crippen MR) is 105 cm³/mol. The van der Waals surface area contributed by atoms with Crippen molar-refractivity contribution in [3.63, 3.8) is 0 Å². The van der Waals surface area contributed by atoms with Crippen LogP contribution in [0.25, 0.3) is 20.8 Å². The van der Waals surface area contributed by atoms with Gasteiger partial charge >= 0.3 is 0 Å². The molecule has 0 aliphatic rings. The second kappa shape index (κ2) is 7.23. The van der Waals surface area contributed by atoms with E-state index in [2.05, 4.69) is 21.4 Å². The summed E-state index contributed by atoms with van der Waals surface area (Å²) >= 11 is 7.62. The maximum Gasteiger partial charge on any atom is 0.254 e. The number of para-hydroxylation sites is 1. The number of hydrogen-bond acceptors (Lipinski definition) is 4. The maximum atomic E-state index is 12.2. The molecule has 0 spiro atoms. The van der Waals surface area contributed by atoms with Gasteiger partial charge < -0.3 is 5.32 Å². The van der Waals surface area contributed by atoms with Crippen molar-refractivity contribution in [3.8, 4) is 10.6 Å². The highest BCUT2D eigenvalue weighted by Crippen LogP contribution is 2.30. The molecule has 128 valence electrons. The van der Waals surface area contributed by atoms with E-state index in [1.807, 2.05) is 42.5 Å². The van der Waals surface area contributed by atoms with E-state index in [1.54, 1.807) is 29.7 Å². The number of aromatic nitrogens is 2. The number of thiazole rings is 1. The summed E-state index contributed by atoms with van der Waals surface area (Å²) in [6.45, 7) is 0.421.